The number of methoxy groups -OCH3 is 1. The number of ether oxygens (including phenoxy) is 1. The first-order chi connectivity index (χ1) is 20.1. The van der Waals surface area contributed by atoms with Crippen LogP contribution in [0.15, 0.2) is 0 Å². The lowest BCUT2D eigenvalue weighted by Gasteiger charge is -2.32. The summed E-state index contributed by atoms with van der Waals surface area (Å²) in [5.74, 6) is 0.441. The van der Waals surface area contributed by atoms with E-state index in [1.54, 1.807) is 4.90 Å². The Bertz CT molecular complexity index is 615. The van der Waals surface area contributed by atoms with Crippen molar-refractivity contribution in [2.24, 2.45) is 5.92 Å². The van der Waals surface area contributed by atoms with Crippen molar-refractivity contribution in [1.29, 1.82) is 0 Å². The van der Waals surface area contributed by atoms with Crippen LogP contribution in [0.5, 0.6) is 0 Å². The number of rotatable bonds is 28. The van der Waals surface area contributed by atoms with Crippen LogP contribution in [-0.4, -0.2) is 66.8 Å². The van der Waals surface area contributed by atoms with Gasteiger partial charge >= 0.3 is 12.1 Å². The van der Waals surface area contributed by atoms with Crippen molar-refractivity contribution >= 4 is 12.1 Å². The van der Waals surface area contributed by atoms with Gasteiger partial charge in [0.2, 0.25) is 0 Å². The Morgan fingerprint density at radius 1 is 0.707 bits per heavy atom. The minimum Gasteiger partial charge on any atom is -0.469 e. The van der Waals surface area contributed by atoms with E-state index >= 15 is 0 Å². The van der Waals surface area contributed by atoms with E-state index in [1.165, 1.54) is 149 Å². The average molecular weight is 581 g/mol. The van der Waals surface area contributed by atoms with Gasteiger partial charge in [0.1, 0.15) is 0 Å². The molecule has 41 heavy (non-hydrogen) atoms. The second-order valence-corrected chi connectivity index (χ2v) is 12.8. The minimum absolute atomic E-state index is 0.0844. The van der Waals surface area contributed by atoms with Crippen molar-refractivity contribution < 1.29 is 19.4 Å². The molecule has 0 aliphatic carbocycles. The summed E-state index contributed by atoms with van der Waals surface area (Å²) in [5.41, 5.74) is 0. The van der Waals surface area contributed by atoms with Gasteiger partial charge in [-0.15, -0.1) is 0 Å². The molecule has 0 spiro atoms. The number of hydrogen-bond acceptors (Lipinski definition) is 4. The third-order valence-electron chi connectivity index (χ3n) is 9.05. The van der Waals surface area contributed by atoms with Crippen LogP contribution in [0, 0.1) is 5.92 Å². The molecule has 0 radical (unpaired) electrons. The number of likely N-dealkylation sites (tertiary alicyclic amines) is 1. The highest BCUT2D eigenvalue weighted by atomic mass is 16.5. The zero-order chi connectivity index (χ0) is 29.8. The molecule has 1 saturated heterocycles. The molecule has 0 saturated carbocycles. The molecule has 1 N–H and O–H groups in total. The third kappa shape index (κ3) is 22.9. The van der Waals surface area contributed by atoms with Crippen LogP contribution < -0.4 is 0 Å². The summed E-state index contributed by atoms with van der Waals surface area (Å²) in [4.78, 5) is 26.9. The molecule has 1 atom stereocenters. The number of nitrogens with zero attached hydrogens (tertiary/aromatic N) is 2. The molecule has 1 rings (SSSR count). The smallest absolute Gasteiger partial charge is 0.407 e. The fraction of sp³-hybridized carbons (Fsp3) is 0.943. The molecule has 0 unspecified atom stereocenters. The number of hydrogen-bond donors (Lipinski definition) is 1. The summed E-state index contributed by atoms with van der Waals surface area (Å²) in [6, 6.07) is 0. The molecule has 242 valence electrons. The number of piperidine rings is 1. The first-order valence-corrected chi connectivity index (χ1v) is 17.8. The van der Waals surface area contributed by atoms with E-state index in [9.17, 15) is 14.7 Å². The highest BCUT2D eigenvalue weighted by Gasteiger charge is 2.23. The molecule has 0 aromatic rings. The van der Waals surface area contributed by atoms with E-state index in [-0.39, 0.29) is 5.97 Å². The van der Waals surface area contributed by atoms with E-state index in [1.807, 2.05) is 0 Å². The van der Waals surface area contributed by atoms with Gasteiger partial charge < -0.3 is 19.6 Å². The highest BCUT2D eigenvalue weighted by Crippen LogP contribution is 2.21. The Hall–Kier alpha value is -1.30. The summed E-state index contributed by atoms with van der Waals surface area (Å²) >= 11 is 0. The van der Waals surface area contributed by atoms with Crippen molar-refractivity contribution in [2.45, 2.75) is 167 Å². The summed E-state index contributed by atoms with van der Waals surface area (Å²) < 4.78 is 4.70. The third-order valence-corrected chi connectivity index (χ3v) is 9.05. The van der Waals surface area contributed by atoms with Crippen LogP contribution in [0.1, 0.15) is 167 Å². The Morgan fingerprint density at radius 2 is 1.17 bits per heavy atom. The van der Waals surface area contributed by atoms with Crippen molar-refractivity contribution in [3.05, 3.63) is 0 Å². The van der Waals surface area contributed by atoms with Gasteiger partial charge in [-0.25, -0.2) is 4.79 Å². The predicted molar refractivity (Wildman–Crippen MR) is 173 cm³/mol. The van der Waals surface area contributed by atoms with Gasteiger partial charge in [0.25, 0.3) is 0 Å². The molecule has 6 nitrogen and oxygen atoms in total. The van der Waals surface area contributed by atoms with E-state index in [0.717, 1.165) is 38.8 Å². The summed E-state index contributed by atoms with van der Waals surface area (Å²) in [5, 5.41) is 9.40. The van der Waals surface area contributed by atoms with Crippen molar-refractivity contribution in [3.63, 3.8) is 0 Å². The second-order valence-electron chi connectivity index (χ2n) is 12.8. The van der Waals surface area contributed by atoms with Crippen molar-refractivity contribution in [2.75, 3.05) is 39.8 Å². The van der Waals surface area contributed by atoms with E-state index in [4.69, 9.17) is 4.74 Å². The topological polar surface area (TPSA) is 70.1 Å². The van der Waals surface area contributed by atoms with Gasteiger partial charge in [-0.3, -0.25) is 4.79 Å². The summed E-state index contributed by atoms with van der Waals surface area (Å²) in [7, 11) is 1.46. The lowest BCUT2D eigenvalue weighted by molar-refractivity contribution is -0.140. The van der Waals surface area contributed by atoms with E-state index in [0.29, 0.717) is 18.9 Å². The number of carbonyl (C=O) groups is 2. The van der Waals surface area contributed by atoms with Crippen LogP contribution in [0.3, 0.4) is 0 Å². The van der Waals surface area contributed by atoms with Gasteiger partial charge in [-0.05, 0) is 64.1 Å². The zero-order valence-electron chi connectivity index (χ0n) is 27.4. The first-order valence-electron chi connectivity index (χ1n) is 17.8. The standard InChI is InChI=1S/C35H68N2O4/c1-3-4-5-6-7-8-9-10-13-16-19-22-28-36(31-27-33-25-24-30-37(32-33)35(39)40)29-23-20-17-14-11-12-15-18-21-26-34(38)41-2/h33H,3-32H2,1-2H3,(H,39,40)/t33-/m0/s1. The zero-order valence-corrected chi connectivity index (χ0v) is 27.4. The largest absolute Gasteiger partial charge is 0.469 e. The molecule has 1 amide bonds. The number of unbranched alkanes of at least 4 members (excludes halogenated alkanes) is 19. The Kier molecular flexibility index (Phi) is 25.3. The number of carboxylic acid groups (broad SMARTS) is 1. The predicted octanol–water partition coefficient (Wildman–Crippen LogP) is 9.84. The quantitative estimate of drug-likeness (QED) is 0.0736. The van der Waals surface area contributed by atoms with Crippen LogP contribution in [0.25, 0.3) is 0 Å². The fourth-order valence-electron chi connectivity index (χ4n) is 6.30. The van der Waals surface area contributed by atoms with E-state index in [2.05, 4.69) is 11.8 Å². The second kappa shape index (κ2) is 27.5. The molecule has 0 bridgehead atoms. The Labute approximate surface area is 254 Å². The van der Waals surface area contributed by atoms with Gasteiger partial charge in [-0.1, -0.05) is 122 Å². The molecule has 6 heteroatoms. The molecule has 1 aliphatic rings. The van der Waals surface area contributed by atoms with Crippen LogP contribution in [0.2, 0.25) is 0 Å². The maximum atomic E-state index is 11.4. The van der Waals surface area contributed by atoms with Gasteiger partial charge in [0.15, 0.2) is 0 Å². The molecular formula is C35H68N2O4. The maximum Gasteiger partial charge on any atom is 0.407 e. The summed E-state index contributed by atoms with van der Waals surface area (Å²) in [6.07, 6.45) is 31.0. The number of amides is 1. The first kappa shape index (κ1) is 37.7. The molecular weight excluding hydrogens is 512 g/mol. The van der Waals surface area contributed by atoms with Crippen molar-refractivity contribution in [3.8, 4) is 0 Å². The lowest BCUT2D eigenvalue weighted by atomic mass is 9.94. The number of carbonyl (C=O) groups excluding carboxylic acids is 1. The van der Waals surface area contributed by atoms with Gasteiger partial charge in [0.05, 0.1) is 7.11 Å². The molecule has 1 fully saturated rings. The average Bonchev–Trinajstić information content (AvgIpc) is 2.98. The Morgan fingerprint density at radius 3 is 1.63 bits per heavy atom. The monoisotopic (exact) mass is 581 g/mol. The van der Waals surface area contributed by atoms with Crippen LogP contribution >= 0.6 is 0 Å². The summed E-state index contributed by atoms with van der Waals surface area (Å²) in [6.45, 7) is 7.25. The highest BCUT2D eigenvalue weighted by molar-refractivity contribution is 5.68. The minimum atomic E-state index is -0.746. The normalized spacial score (nSPS) is 15.5. The SMILES string of the molecule is CCCCCCCCCCCCCCN(CCCCCCCCCCCC(=O)OC)CC[C@@H]1CCCN(C(=O)O)C1. The molecule has 0 aromatic heterocycles. The molecule has 0 aromatic carbocycles. The van der Waals surface area contributed by atoms with Crippen LogP contribution in [-0.2, 0) is 9.53 Å². The maximum absolute atomic E-state index is 11.4. The van der Waals surface area contributed by atoms with Gasteiger partial charge in [0, 0.05) is 19.5 Å². The van der Waals surface area contributed by atoms with Crippen LogP contribution in [0.4, 0.5) is 4.79 Å². The fourth-order valence-corrected chi connectivity index (χ4v) is 6.30. The molecule has 1 heterocycles. The van der Waals surface area contributed by atoms with Gasteiger partial charge in [-0.2, -0.15) is 0 Å². The van der Waals surface area contributed by atoms with E-state index < -0.39 is 6.09 Å². The number of esters is 1. The Balaban J connectivity index is 2.18. The lowest BCUT2D eigenvalue weighted by Crippen LogP contribution is -2.40. The molecule has 1 aliphatic heterocycles. The van der Waals surface area contributed by atoms with Crippen molar-refractivity contribution in [1.82, 2.24) is 9.80 Å².